The molecule has 0 N–H and O–H groups in total. The van der Waals surface area contributed by atoms with Gasteiger partial charge in [0.25, 0.3) is 0 Å². The van der Waals surface area contributed by atoms with Gasteiger partial charge in [0.05, 0.1) is 17.4 Å². The van der Waals surface area contributed by atoms with Crippen LogP contribution in [0.5, 0.6) is 11.5 Å². The molecule has 4 aliphatic rings. The zero-order chi connectivity index (χ0) is 41.6. The first kappa shape index (κ1) is 35.9. The van der Waals surface area contributed by atoms with E-state index in [0.717, 1.165) is 44.8 Å². The number of anilines is 2. The summed E-state index contributed by atoms with van der Waals surface area (Å²) in [5.74, 6) is 9.02. The number of furan rings is 1. The van der Waals surface area contributed by atoms with E-state index in [9.17, 15) is 0 Å². The number of nitrogens with zero attached hydrogens (tertiary/aromatic N) is 1. The largest absolute Gasteiger partial charge is 0.457 e. The SMILES string of the molecule is CC1C2=C(C=CC1c1ccc(N(c3ccc4oc5ccccc5c4c3)C3C=CC#CC3c3ccccc3)cc1)c1ccc3ccccc3c1C21c2ccccc2Oc2ccccc21. The molecule has 0 fully saturated rings. The fourth-order valence-electron chi connectivity index (χ4n) is 11.5. The second-order valence-corrected chi connectivity index (χ2v) is 17.3. The quantitative estimate of drug-likeness (QED) is 0.162. The molecule has 2 heterocycles. The van der Waals surface area contributed by atoms with Gasteiger partial charge in [-0.1, -0.05) is 170 Å². The highest BCUT2D eigenvalue weighted by atomic mass is 16.5. The number of para-hydroxylation sites is 3. The van der Waals surface area contributed by atoms with E-state index in [1.807, 2.05) is 18.2 Å². The van der Waals surface area contributed by atoms with Crippen LogP contribution in [0.1, 0.15) is 52.1 Å². The Hall–Kier alpha value is -7.80. The van der Waals surface area contributed by atoms with Gasteiger partial charge in [-0.25, -0.2) is 0 Å². The Kier molecular flexibility index (Phi) is 7.90. The van der Waals surface area contributed by atoms with Crippen LogP contribution in [0.4, 0.5) is 11.4 Å². The summed E-state index contributed by atoms with van der Waals surface area (Å²) in [5.41, 5.74) is 13.8. The average Bonchev–Trinajstić information content (AvgIpc) is 3.87. The fraction of sp³-hybridized carbons (Fsp3) is 0.100. The van der Waals surface area contributed by atoms with Gasteiger partial charge < -0.3 is 14.1 Å². The first-order valence-electron chi connectivity index (χ1n) is 22.0. The lowest BCUT2D eigenvalue weighted by Gasteiger charge is -2.44. The summed E-state index contributed by atoms with van der Waals surface area (Å²) >= 11 is 0. The van der Waals surface area contributed by atoms with E-state index in [0.29, 0.717) is 0 Å². The summed E-state index contributed by atoms with van der Waals surface area (Å²) < 4.78 is 13.1. The van der Waals surface area contributed by atoms with Crippen molar-refractivity contribution in [1.82, 2.24) is 0 Å². The molecule has 3 nitrogen and oxygen atoms in total. The zero-order valence-corrected chi connectivity index (χ0v) is 34.7. The number of benzene rings is 8. The van der Waals surface area contributed by atoms with E-state index in [1.54, 1.807) is 0 Å². The monoisotopic (exact) mass is 807 g/mol. The highest BCUT2D eigenvalue weighted by molar-refractivity contribution is 6.06. The summed E-state index contributed by atoms with van der Waals surface area (Å²) in [4.78, 5) is 2.47. The van der Waals surface area contributed by atoms with Crippen LogP contribution < -0.4 is 9.64 Å². The molecule has 1 aromatic heterocycles. The molecule has 4 unspecified atom stereocenters. The standard InChI is InChI=1S/C60H41NO2/c1-38-44(34-35-48-49-33-29-40-17-5-6-19-46(40)59(49)60(58(38)48)51-21-9-13-25-56(51)63-57-26-14-10-22-52(57)60)41-27-30-42(31-28-41)61(53-23-11-7-18-45(53)39-15-3-2-4-16-39)43-32-36-55-50(37-43)47-20-8-12-24-54(47)62-55/h2-6,8-17,19-38,44-45,53H,1H3. The smallest absolute Gasteiger partial charge is 0.135 e. The molecule has 13 rings (SSSR count). The molecule has 3 aliphatic carbocycles. The summed E-state index contributed by atoms with van der Waals surface area (Å²) in [6.45, 7) is 2.45. The van der Waals surface area contributed by atoms with Crippen LogP contribution in [0.15, 0.2) is 216 Å². The van der Waals surface area contributed by atoms with E-state index >= 15 is 0 Å². The Morgan fingerprint density at radius 2 is 1.25 bits per heavy atom. The molecular formula is C60H41NO2. The van der Waals surface area contributed by atoms with Crippen LogP contribution in [-0.4, -0.2) is 6.04 Å². The summed E-state index contributed by atoms with van der Waals surface area (Å²) in [7, 11) is 0. The Bertz CT molecular complexity index is 3440. The minimum Gasteiger partial charge on any atom is -0.457 e. The molecule has 1 aliphatic heterocycles. The van der Waals surface area contributed by atoms with E-state index in [2.05, 4.69) is 212 Å². The van der Waals surface area contributed by atoms with Crippen molar-refractivity contribution >= 4 is 49.7 Å². The van der Waals surface area contributed by atoms with Crippen LogP contribution >= 0.6 is 0 Å². The number of allylic oxidation sites excluding steroid dienone is 5. The third-order valence-electron chi connectivity index (χ3n) is 14.2. The molecule has 0 bridgehead atoms. The minimum atomic E-state index is -0.535. The third-order valence-corrected chi connectivity index (χ3v) is 14.2. The van der Waals surface area contributed by atoms with E-state index < -0.39 is 5.41 Å². The van der Waals surface area contributed by atoms with Crippen LogP contribution in [0, 0.1) is 17.8 Å². The van der Waals surface area contributed by atoms with E-state index in [-0.39, 0.29) is 23.8 Å². The van der Waals surface area contributed by atoms with E-state index in [1.165, 1.54) is 55.3 Å². The second-order valence-electron chi connectivity index (χ2n) is 17.3. The maximum absolute atomic E-state index is 6.75. The number of hydrogen-bond acceptors (Lipinski definition) is 3. The molecule has 0 radical (unpaired) electrons. The van der Waals surface area contributed by atoms with Crippen molar-refractivity contribution in [2.75, 3.05) is 4.90 Å². The van der Waals surface area contributed by atoms with Crippen molar-refractivity contribution in [1.29, 1.82) is 0 Å². The molecule has 1 spiro atoms. The van der Waals surface area contributed by atoms with Crippen LogP contribution in [0.25, 0.3) is 38.3 Å². The molecule has 63 heavy (non-hydrogen) atoms. The number of fused-ring (bicyclic) bond motifs is 13. The third kappa shape index (κ3) is 5.22. The van der Waals surface area contributed by atoms with Gasteiger partial charge in [-0.15, -0.1) is 0 Å². The van der Waals surface area contributed by atoms with Crippen molar-refractivity contribution < 1.29 is 9.15 Å². The molecule has 0 saturated carbocycles. The topological polar surface area (TPSA) is 25.6 Å². The molecule has 298 valence electrons. The summed E-state index contributed by atoms with van der Waals surface area (Å²) in [6.07, 6.45) is 9.16. The summed E-state index contributed by atoms with van der Waals surface area (Å²) in [6, 6.07) is 65.9. The Labute approximate surface area is 366 Å². The first-order valence-corrected chi connectivity index (χ1v) is 22.0. The van der Waals surface area contributed by atoms with Crippen molar-refractivity contribution in [3.63, 3.8) is 0 Å². The van der Waals surface area contributed by atoms with Crippen LogP contribution in [-0.2, 0) is 5.41 Å². The Balaban J connectivity index is 0.951. The Morgan fingerprint density at radius 1 is 0.571 bits per heavy atom. The van der Waals surface area contributed by atoms with Gasteiger partial charge >= 0.3 is 0 Å². The van der Waals surface area contributed by atoms with Crippen LogP contribution in [0.2, 0.25) is 0 Å². The molecule has 3 heteroatoms. The second kappa shape index (κ2) is 13.9. The summed E-state index contributed by atoms with van der Waals surface area (Å²) in [5, 5.41) is 4.75. The first-order chi connectivity index (χ1) is 31.2. The Morgan fingerprint density at radius 3 is 2.06 bits per heavy atom. The van der Waals surface area contributed by atoms with Crippen molar-refractivity contribution in [3.8, 4) is 23.3 Å². The highest BCUT2D eigenvalue weighted by Gasteiger charge is 2.55. The maximum Gasteiger partial charge on any atom is 0.135 e. The van der Waals surface area contributed by atoms with Gasteiger partial charge in [0.2, 0.25) is 0 Å². The van der Waals surface area contributed by atoms with E-state index in [4.69, 9.17) is 9.15 Å². The van der Waals surface area contributed by atoms with Crippen molar-refractivity contribution in [2.24, 2.45) is 5.92 Å². The fourth-order valence-corrected chi connectivity index (χ4v) is 11.5. The minimum absolute atomic E-state index is 0.0270. The average molecular weight is 808 g/mol. The lowest BCUT2D eigenvalue weighted by Crippen LogP contribution is -2.37. The molecule has 9 aromatic rings. The van der Waals surface area contributed by atoms with Gasteiger partial charge in [-0.3, -0.25) is 0 Å². The molecule has 0 saturated heterocycles. The van der Waals surface area contributed by atoms with Crippen molar-refractivity contribution in [2.45, 2.75) is 30.2 Å². The number of ether oxygens (including phenoxy) is 1. The highest BCUT2D eigenvalue weighted by Crippen LogP contribution is 2.66. The van der Waals surface area contributed by atoms with Gasteiger partial charge in [-0.05, 0) is 105 Å². The maximum atomic E-state index is 6.75. The lowest BCUT2D eigenvalue weighted by molar-refractivity contribution is 0.421. The molecule has 4 atom stereocenters. The molecular weight excluding hydrogens is 767 g/mol. The number of hydrogen-bond donors (Lipinski definition) is 0. The lowest BCUT2D eigenvalue weighted by atomic mass is 9.59. The number of rotatable bonds is 5. The molecule has 8 aromatic carbocycles. The van der Waals surface area contributed by atoms with Gasteiger partial charge in [0, 0.05) is 39.2 Å². The van der Waals surface area contributed by atoms with Gasteiger partial charge in [0.1, 0.15) is 22.7 Å². The van der Waals surface area contributed by atoms with Crippen molar-refractivity contribution in [3.05, 3.63) is 245 Å². The molecule has 0 amide bonds. The predicted octanol–water partition coefficient (Wildman–Crippen LogP) is 14.8. The van der Waals surface area contributed by atoms with Crippen LogP contribution in [0.3, 0.4) is 0 Å². The van der Waals surface area contributed by atoms with Gasteiger partial charge in [0.15, 0.2) is 0 Å². The predicted molar refractivity (Wildman–Crippen MR) is 257 cm³/mol. The van der Waals surface area contributed by atoms with Gasteiger partial charge in [-0.2, -0.15) is 0 Å². The normalized spacial score (nSPS) is 19.9. The zero-order valence-electron chi connectivity index (χ0n) is 34.7.